The van der Waals surface area contributed by atoms with Gasteiger partial charge in [-0.25, -0.2) is 9.78 Å². The maximum atomic E-state index is 11.1. The Labute approximate surface area is 225 Å². The van der Waals surface area contributed by atoms with Gasteiger partial charge in [0.25, 0.3) is 0 Å². The average molecular weight is 546 g/mol. The van der Waals surface area contributed by atoms with Crippen LogP contribution in [0.3, 0.4) is 0 Å². The Morgan fingerprint density at radius 2 is 1.89 bits per heavy atom. The SMILES string of the molecule is Nc1nnc(Cl)cc1N1CCN(c2ccnc(OC3CC(OC4CCN(C(=O)O)CC4)C3)c2)C2(COC2)C1. The van der Waals surface area contributed by atoms with Gasteiger partial charge < -0.3 is 39.8 Å². The summed E-state index contributed by atoms with van der Waals surface area (Å²) in [6.45, 7) is 4.54. The van der Waals surface area contributed by atoms with Crippen molar-refractivity contribution in [2.24, 2.45) is 0 Å². The van der Waals surface area contributed by atoms with Gasteiger partial charge in [0.15, 0.2) is 11.0 Å². The molecule has 0 unspecified atom stereocenters. The van der Waals surface area contributed by atoms with Crippen LogP contribution in [0.2, 0.25) is 5.15 Å². The number of ether oxygens (including phenoxy) is 3. The van der Waals surface area contributed by atoms with Crippen molar-refractivity contribution in [2.75, 3.05) is 61.5 Å². The molecule has 2 aromatic rings. The number of hydrogen-bond acceptors (Lipinski definition) is 10. The zero-order valence-electron chi connectivity index (χ0n) is 21.0. The average Bonchev–Trinajstić information content (AvgIpc) is 2.88. The van der Waals surface area contributed by atoms with Gasteiger partial charge in [-0.1, -0.05) is 11.6 Å². The van der Waals surface area contributed by atoms with Crippen LogP contribution in [0.1, 0.15) is 25.7 Å². The van der Waals surface area contributed by atoms with Crippen molar-refractivity contribution in [2.45, 2.75) is 49.5 Å². The van der Waals surface area contributed by atoms with Gasteiger partial charge >= 0.3 is 6.09 Å². The van der Waals surface area contributed by atoms with Gasteiger partial charge in [0.2, 0.25) is 5.88 Å². The fourth-order valence-electron chi connectivity index (χ4n) is 5.77. The van der Waals surface area contributed by atoms with E-state index in [1.54, 1.807) is 12.3 Å². The lowest BCUT2D eigenvalue weighted by atomic mass is 9.90. The van der Waals surface area contributed by atoms with Crippen LogP contribution in [0.4, 0.5) is 22.0 Å². The van der Waals surface area contributed by atoms with E-state index in [0.29, 0.717) is 43.2 Å². The second-order valence-corrected chi connectivity index (χ2v) is 10.9. The first-order valence-corrected chi connectivity index (χ1v) is 13.4. The van der Waals surface area contributed by atoms with Crippen LogP contribution in [-0.4, -0.2) is 101 Å². The van der Waals surface area contributed by atoms with E-state index in [2.05, 4.69) is 25.0 Å². The summed E-state index contributed by atoms with van der Waals surface area (Å²) in [6.07, 6.45) is 4.37. The topological polar surface area (TPSA) is 139 Å². The Hall–Kier alpha value is -3.09. The molecular formula is C25H32ClN7O5. The lowest BCUT2D eigenvalue weighted by Gasteiger charge is -2.56. The third-order valence-corrected chi connectivity index (χ3v) is 8.16. The Morgan fingerprint density at radius 3 is 2.61 bits per heavy atom. The number of rotatable bonds is 6. The number of pyridine rings is 1. The summed E-state index contributed by atoms with van der Waals surface area (Å²) in [6, 6.07) is 5.78. The molecule has 12 nitrogen and oxygen atoms in total. The number of piperidine rings is 1. The van der Waals surface area contributed by atoms with Crippen LogP contribution < -0.4 is 20.3 Å². The van der Waals surface area contributed by atoms with Crippen LogP contribution >= 0.6 is 11.6 Å². The molecule has 13 heteroatoms. The lowest BCUT2D eigenvalue weighted by molar-refractivity contribution is -0.109. The highest BCUT2D eigenvalue weighted by molar-refractivity contribution is 6.29. The summed E-state index contributed by atoms with van der Waals surface area (Å²) in [4.78, 5) is 21.6. The van der Waals surface area contributed by atoms with E-state index >= 15 is 0 Å². The lowest BCUT2D eigenvalue weighted by Crippen LogP contribution is -2.72. The third kappa shape index (κ3) is 4.99. The first-order chi connectivity index (χ1) is 18.4. The minimum absolute atomic E-state index is 0.0617. The fraction of sp³-hybridized carbons (Fsp3) is 0.600. The Morgan fingerprint density at radius 1 is 1.11 bits per heavy atom. The van der Waals surface area contributed by atoms with Crippen molar-refractivity contribution < 1.29 is 24.1 Å². The standard InChI is InChI=1S/C25H32ClN7O5/c26-21-12-20(23(27)30-29-21)32-7-8-33(25(13-32)14-36-15-25)16-1-4-28-22(9-16)38-19-10-18(11-19)37-17-2-5-31(6-3-17)24(34)35/h1,4,9,12,17-19H,2-3,5-8,10-11,13-15H2,(H2,27,30)(H,34,35). The van der Waals surface area contributed by atoms with Gasteiger partial charge in [-0.15, -0.1) is 10.2 Å². The van der Waals surface area contributed by atoms with Crippen molar-refractivity contribution in [3.63, 3.8) is 0 Å². The molecule has 38 heavy (non-hydrogen) atoms. The number of piperazine rings is 1. The van der Waals surface area contributed by atoms with Crippen molar-refractivity contribution >= 4 is 34.9 Å². The molecule has 6 rings (SSSR count). The molecule has 5 heterocycles. The second-order valence-electron chi connectivity index (χ2n) is 10.5. The number of amides is 1. The summed E-state index contributed by atoms with van der Waals surface area (Å²) in [5.41, 5.74) is 7.76. The molecule has 0 bridgehead atoms. The van der Waals surface area contributed by atoms with Crippen LogP contribution in [0.15, 0.2) is 24.4 Å². The number of carboxylic acid groups (broad SMARTS) is 1. The highest BCUT2D eigenvalue weighted by Crippen LogP contribution is 2.38. The Balaban J connectivity index is 1.04. The van der Waals surface area contributed by atoms with E-state index in [9.17, 15) is 4.79 Å². The molecule has 204 valence electrons. The number of hydrogen-bond donors (Lipinski definition) is 2. The van der Waals surface area contributed by atoms with Crippen LogP contribution in [0, 0.1) is 0 Å². The first-order valence-electron chi connectivity index (χ1n) is 13.0. The summed E-state index contributed by atoms with van der Waals surface area (Å²) in [7, 11) is 0. The van der Waals surface area contributed by atoms with Gasteiger partial charge in [0.1, 0.15) is 11.6 Å². The largest absolute Gasteiger partial charge is 0.474 e. The molecular weight excluding hydrogens is 514 g/mol. The normalized spacial score (nSPS) is 25.1. The summed E-state index contributed by atoms with van der Waals surface area (Å²) < 4.78 is 18.1. The van der Waals surface area contributed by atoms with Crippen molar-refractivity contribution in [1.82, 2.24) is 20.1 Å². The van der Waals surface area contributed by atoms with E-state index in [0.717, 1.165) is 56.7 Å². The van der Waals surface area contributed by atoms with E-state index in [1.807, 2.05) is 12.1 Å². The maximum Gasteiger partial charge on any atom is 0.407 e. The molecule has 0 aromatic carbocycles. The number of nitrogens with two attached hydrogens (primary N) is 1. The van der Waals surface area contributed by atoms with Crippen LogP contribution in [-0.2, 0) is 9.47 Å². The molecule has 3 aliphatic heterocycles. The molecule has 1 amide bonds. The van der Waals surface area contributed by atoms with Gasteiger partial charge in [0, 0.05) is 69.6 Å². The van der Waals surface area contributed by atoms with E-state index in [4.69, 9.17) is 36.7 Å². The predicted molar refractivity (Wildman–Crippen MR) is 140 cm³/mol. The second kappa shape index (κ2) is 10.2. The van der Waals surface area contributed by atoms with Crippen molar-refractivity contribution in [3.8, 4) is 5.88 Å². The van der Waals surface area contributed by atoms with E-state index in [-0.39, 0.29) is 23.9 Å². The zero-order chi connectivity index (χ0) is 26.3. The number of nitrogen functional groups attached to an aromatic ring is 1. The highest BCUT2D eigenvalue weighted by Gasteiger charge is 2.48. The first kappa shape index (κ1) is 25.2. The molecule has 1 aliphatic carbocycles. The molecule has 3 saturated heterocycles. The van der Waals surface area contributed by atoms with Crippen LogP contribution in [0.25, 0.3) is 0 Å². The number of nitrogens with zero attached hydrogens (tertiary/aromatic N) is 6. The summed E-state index contributed by atoms with van der Waals surface area (Å²) >= 11 is 6.09. The summed E-state index contributed by atoms with van der Waals surface area (Å²) in [5, 5.41) is 17.2. The summed E-state index contributed by atoms with van der Waals surface area (Å²) in [5.74, 6) is 0.972. The molecule has 1 spiro atoms. The van der Waals surface area contributed by atoms with Gasteiger partial charge in [-0.05, 0) is 18.9 Å². The van der Waals surface area contributed by atoms with Crippen LogP contribution in [0.5, 0.6) is 5.88 Å². The number of carbonyl (C=O) groups is 1. The molecule has 4 fully saturated rings. The zero-order valence-corrected chi connectivity index (χ0v) is 21.8. The minimum atomic E-state index is -0.853. The van der Waals surface area contributed by atoms with E-state index < -0.39 is 6.09 Å². The molecule has 1 saturated carbocycles. The number of likely N-dealkylation sites (tertiary alicyclic amines) is 1. The monoisotopic (exact) mass is 545 g/mol. The van der Waals surface area contributed by atoms with Gasteiger partial charge in [-0.2, -0.15) is 0 Å². The molecule has 2 aromatic heterocycles. The smallest absolute Gasteiger partial charge is 0.407 e. The molecule has 4 aliphatic rings. The third-order valence-electron chi connectivity index (χ3n) is 7.97. The number of aromatic nitrogens is 3. The molecule has 0 radical (unpaired) electrons. The molecule has 3 N–H and O–H groups in total. The van der Waals surface area contributed by atoms with Gasteiger partial charge in [0.05, 0.1) is 31.1 Å². The van der Waals surface area contributed by atoms with Gasteiger partial charge in [-0.3, -0.25) is 0 Å². The number of halogens is 1. The minimum Gasteiger partial charge on any atom is -0.474 e. The van der Waals surface area contributed by atoms with Crippen molar-refractivity contribution in [3.05, 3.63) is 29.5 Å². The highest BCUT2D eigenvalue weighted by atomic mass is 35.5. The number of anilines is 3. The fourth-order valence-corrected chi connectivity index (χ4v) is 5.92. The predicted octanol–water partition coefficient (Wildman–Crippen LogP) is 2.27. The van der Waals surface area contributed by atoms with E-state index in [1.165, 1.54) is 4.90 Å². The van der Waals surface area contributed by atoms with Crippen molar-refractivity contribution in [1.29, 1.82) is 0 Å². The Kier molecular flexibility index (Phi) is 6.79. The molecule has 0 atom stereocenters. The quantitative estimate of drug-likeness (QED) is 0.552. The maximum absolute atomic E-state index is 11.1. The Bertz CT molecular complexity index is 1170.